The van der Waals surface area contributed by atoms with Crippen LogP contribution < -0.4 is 11.1 Å². The monoisotopic (exact) mass is 247 g/mol. The van der Waals surface area contributed by atoms with Gasteiger partial charge in [0.2, 0.25) is 0 Å². The molecule has 0 heterocycles. The number of carbonyl (C=O) groups excluding carboxylic acids is 1. The van der Waals surface area contributed by atoms with E-state index in [4.69, 9.17) is 16.9 Å². The van der Waals surface area contributed by atoms with E-state index in [2.05, 4.69) is 5.32 Å². The SMILES string of the molecule is [2H]CC(C)(C)OC(=O)N[C@@H](CCCCN)C(=O)O. The molecular formula is C11H22N2O4. The van der Waals surface area contributed by atoms with Crippen molar-refractivity contribution in [3.05, 3.63) is 0 Å². The second-order valence-electron chi connectivity index (χ2n) is 4.47. The molecule has 1 atom stereocenters. The average Bonchev–Trinajstić information content (AvgIpc) is 2.27. The summed E-state index contributed by atoms with van der Waals surface area (Å²) >= 11 is 0. The van der Waals surface area contributed by atoms with Crippen molar-refractivity contribution in [2.75, 3.05) is 6.54 Å². The van der Waals surface area contributed by atoms with Crippen LogP contribution in [-0.4, -0.2) is 35.4 Å². The van der Waals surface area contributed by atoms with Gasteiger partial charge >= 0.3 is 12.1 Å². The molecule has 0 fully saturated rings. The number of alkyl carbamates (subject to hydrolysis) is 1. The Morgan fingerprint density at radius 1 is 1.53 bits per heavy atom. The molecule has 0 radical (unpaired) electrons. The lowest BCUT2D eigenvalue weighted by atomic mass is 10.1. The van der Waals surface area contributed by atoms with Gasteiger partial charge in [-0.3, -0.25) is 0 Å². The van der Waals surface area contributed by atoms with E-state index in [0.717, 1.165) is 0 Å². The molecule has 0 rings (SSSR count). The summed E-state index contributed by atoms with van der Waals surface area (Å²) in [7, 11) is 0. The number of carbonyl (C=O) groups is 2. The van der Waals surface area contributed by atoms with Crippen molar-refractivity contribution < 1.29 is 20.8 Å². The van der Waals surface area contributed by atoms with E-state index in [9.17, 15) is 9.59 Å². The van der Waals surface area contributed by atoms with Crippen LogP contribution in [0.1, 0.15) is 41.4 Å². The molecule has 0 saturated heterocycles. The molecular weight excluding hydrogens is 224 g/mol. The highest BCUT2D eigenvalue weighted by Crippen LogP contribution is 2.08. The molecule has 0 aromatic carbocycles. The summed E-state index contributed by atoms with van der Waals surface area (Å²) in [4.78, 5) is 22.4. The number of hydrogen-bond acceptors (Lipinski definition) is 4. The van der Waals surface area contributed by atoms with Gasteiger partial charge in [0.25, 0.3) is 0 Å². The Morgan fingerprint density at radius 2 is 2.18 bits per heavy atom. The van der Waals surface area contributed by atoms with Crippen molar-refractivity contribution in [1.82, 2.24) is 5.32 Å². The number of ether oxygens (including phenoxy) is 1. The predicted molar refractivity (Wildman–Crippen MR) is 63.7 cm³/mol. The van der Waals surface area contributed by atoms with Gasteiger partial charge in [0.15, 0.2) is 0 Å². The third-order valence-electron chi connectivity index (χ3n) is 1.91. The zero-order valence-electron chi connectivity index (χ0n) is 11.4. The highest BCUT2D eigenvalue weighted by atomic mass is 16.6. The van der Waals surface area contributed by atoms with Crippen molar-refractivity contribution >= 4 is 12.1 Å². The summed E-state index contributed by atoms with van der Waals surface area (Å²) in [5, 5.41) is 11.2. The number of amides is 1. The van der Waals surface area contributed by atoms with Gasteiger partial charge in [-0.25, -0.2) is 9.59 Å². The predicted octanol–water partition coefficient (Wildman–Crippen LogP) is 1.09. The topological polar surface area (TPSA) is 102 Å². The van der Waals surface area contributed by atoms with E-state index in [1.807, 2.05) is 0 Å². The smallest absolute Gasteiger partial charge is 0.408 e. The van der Waals surface area contributed by atoms with Crippen LogP contribution in [0, 0.1) is 0 Å². The molecule has 4 N–H and O–H groups in total. The minimum Gasteiger partial charge on any atom is -0.480 e. The Bertz CT molecular complexity index is 284. The van der Waals surface area contributed by atoms with Gasteiger partial charge in [-0.15, -0.1) is 0 Å². The standard InChI is InChI=1S/C11H22N2O4/c1-11(2,3)17-10(16)13-8(9(14)15)6-4-5-7-12/h8H,4-7,12H2,1-3H3,(H,13,16)(H,14,15)/t8-/m0/s1/i1D. The van der Waals surface area contributed by atoms with Gasteiger partial charge < -0.3 is 20.9 Å². The van der Waals surface area contributed by atoms with Crippen LogP contribution >= 0.6 is 0 Å². The lowest BCUT2D eigenvalue weighted by Crippen LogP contribution is -2.43. The van der Waals surface area contributed by atoms with E-state index in [1.54, 1.807) is 13.8 Å². The van der Waals surface area contributed by atoms with Crippen molar-refractivity contribution in [3.8, 4) is 0 Å². The molecule has 0 spiro atoms. The number of unbranched alkanes of at least 4 members (excludes halogenated alkanes) is 1. The molecule has 17 heavy (non-hydrogen) atoms. The Hall–Kier alpha value is -1.30. The number of nitrogens with one attached hydrogen (secondary N) is 1. The molecule has 0 aromatic heterocycles. The normalized spacial score (nSPS) is 13.7. The summed E-state index contributed by atoms with van der Waals surface area (Å²) in [6, 6.07) is -0.981. The second-order valence-corrected chi connectivity index (χ2v) is 4.47. The van der Waals surface area contributed by atoms with Gasteiger partial charge in [-0.05, 0) is 46.6 Å². The van der Waals surface area contributed by atoms with Gasteiger partial charge in [0.05, 0.1) is 0 Å². The van der Waals surface area contributed by atoms with E-state index < -0.39 is 23.7 Å². The molecule has 0 bridgehead atoms. The summed E-state index contributed by atoms with van der Waals surface area (Å²) in [5.41, 5.74) is 4.39. The van der Waals surface area contributed by atoms with Crippen LogP contribution in [0.3, 0.4) is 0 Å². The zero-order chi connectivity index (χ0) is 14.2. The molecule has 1 amide bonds. The molecule has 0 aliphatic carbocycles. The largest absolute Gasteiger partial charge is 0.480 e. The van der Waals surface area contributed by atoms with E-state index in [0.29, 0.717) is 25.8 Å². The first kappa shape index (κ1) is 13.8. The summed E-state index contributed by atoms with van der Waals surface area (Å²) in [6.07, 6.45) is 0.824. The number of hydrogen-bond donors (Lipinski definition) is 3. The molecule has 0 saturated carbocycles. The average molecular weight is 247 g/mol. The van der Waals surface area contributed by atoms with Gasteiger partial charge in [-0.1, -0.05) is 0 Å². The minimum absolute atomic E-state index is 0.0919. The quantitative estimate of drug-likeness (QED) is 0.610. The molecule has 0 aromatic rings. The fourth-order valence-electron chi connectivity index (χ4n) is 1.17. The lowest BCUT2D eigenvalue weighted by Gasteiger charge is -2.21. The number of carboxylic acid groups (broad SMARTS) is 1. The van der Waals surface area contributed by atoms with Crippen LogP contribution in [0.4, 0.5) is 4.79 Å². The fourth-order valence-corrected chi connectivity index (χ4v) is 1.17. The van der Waals surface area contributed by atoms with Crippen LogP contribution in [0.5, 0.6) is 0 Å². The molecule has 6 heteroatoms. The molecule has 0 unspecified atom stereocenters. The Labute approximate surface area is 103 Å². The van der Waals surface area contributed by atoms with Crippen LogP contribution in [0.2, 0.25) is 0 Å². The zero-order valence-corrected chi connectivity index (χ0v) is 10.4. The Balaban J connectivity index is 4.24. The maximum absolute atomic E-state index is 11.5. The highest BCUT2D eigenvalue weighted by molar-refractivity contribution is 5.79. The van der Waals surface area contributed by atoms with E-state index in [1.165, 1.54) is 0 Å². The number of aliphatic carboxylic acids is 1. The van der Waals surface area contributed by atoms with Crippen LogP contribution in [0.15, 0.2) is 0 Å². The van der Waals surface area contributed by atoms with E-state index in [-0.39, 0.29) is 6.90 Å². The lowest BCUT2D eigenvalue weighted by molar-refractivity contribution is -0.139. The Morgan fingerprint density at radius 3 is 2.65 bits per heavy atom. The number of rotatable bonds is 6. The van der Waals surface area contributed by atoms with Crippen molar-refractivity contribution in [2.24, 2.45) is 5.73 Å². The number of carboxylic acids is 1. The molecule has 0 aliphatic rings. The maximum atomic E-state index is 11.5. The second kappa shape index (κ2) is 7.11. The van der Waals surface area contributed by atoms with Crippen molar-refractivity contribution in [1.29, 1.82) is 0 Å². The third-order valence-corrected chi connectivity index (χ3v) is 1.91. The first-order valence-electron chi connectivity index (χ1n) is 6.24. The summed E-state index contributed by atoms with van der Waals surface area (Å²) in [5.74, 6) is -1.10. The highest BCUT2D eigenvalue weighted by Gasteiger charge is 2.23. The molecule has 100 valence electrons. The van der Waals surface area contributed by atoms with Crippen molar-refractivity contribution in [2.45, 2.75) is 51.7 Å². The third kappa shape index (κ3) is 8.50. The molecule has 0 aliphatic heterocycles. The number of nitrogens with two attached hydrogens (primary N) is 1. The fraction of sp³-hybridized carbons (Fsp3) is 0.818. The van der Waals surface area contributed by atoms with Crippen LogP contribution in [0.25, 0.3) is 0 Å². The summed E-state index contributed by atoms with van der Waals surface area (Å²) < 4.78 is 12.1. The van der Waals surface area contributed by atoms with E-state index >= 15 is 0 Å². The first-order valence-corrected chi connectivity index (χ1v) is 5.54. The first-order chi connectivity index (χ1) is 8.32. The van der Waals surface area contributed by atoms with Gasteiger partial charge in [-0.2, -0.15) is 0 Å². The van der Waals surface area contributed by atoms with Crippen molar-refractivity contribution in [3.63, 3.8) is 0 Å². The maximum Gasteiger partial charge on any atom is 0.408 e. The Kier molecular flexibility index (Phi) is 5.76. The van der Waals surface area contributed by atoms with Gasteiger partial charge in [0.1, 0.15) is 11.6 Å². The minimum atomic E-state index is -1.10. The van der Waals surface area contributed by atoms with Crippen LogP contribution in [-0.2, 0) is 9.53 Å². The summed E-state index contributed by atoms with van der Waals surface area (Å²) in [6.45, 7) is 3.57. The molecule has 6 nitrogen and oxygen atoms in total. The van der Waals surface area contributed by atoms with Gasteiger partial charge in [0, 0.05) is 1.37 Å².